The van der Waals surface area contributed by atoms with Gasteiger partial charge in [-0.3, -0.25) is 29.0 Å². The minimum absolute atomic E-state index is 0.0920. The zero-order valence-electron chi connectivity index (χ0n) is 21.5. The maximum absolute atomic E-state index is 13.3. The second kappa shape index (κ2) is 12.0. The summed E-state index contributed by atoms with van der Waals surface area (Å²) in [5.74, 6) is -2.11. The van der Waals surface area contributed by atoms with Crippen LogP contribution in [0, 0.1) is 11.8 Å². The van der Waals surface area contributed by atoms with Crippen LogP contribution < -0.4 is 0 Å². The summed E-state index contributed by atoms with van der Waals surface area (Å²) in [6.45, 7) is 1.07. The van der Waals surface area contributed by atoms with Gasteiger partial charge >= 0.3 is 0 Å². The van der Waals surface area contributed by atoms with Gasteiger partial charge in [0.15, 0.2) is 0 Å². The van der Waals surface area contributed by atoms with Crippen molar-refractivity contribution in [3.8, 4) is 0 Å². The van der Waals surface area contributed by atoms with Crippen molar-refractivity contribution in [2.75, 3.05) is 13.2 Å². The van der Waals surface area contributed by atoms with Gasteiger partial charge in [0.1, 0.15) is 0 Å². The molecule has 2 saturated heterocycles. The first kappa shape index (κ1) is 26.3. The summed E-state index contributed by atoms with van der Waals surface area (Å²) in [7, 11) is 0. The molecule has 3 aliphatic rings. The fourth-order valence-corrected chi connectivity index (χ4v) is 5.87. The number of nitrogens with zero attached hydrogens (tertiary/aromatic N) is 2. The van der Waals surface area contributed by atoms with Crippen LogP contribution in [0.15, 0.2) is 60.7 Å². The molecule has 3 fully saturated rings. The minimum Gasteiger partial charge on any atom is -0.376 e. The first-order chi connectivity index (χ1) is 18.5. The van der Waals surface area contributed by atoms with Gasteiger partial charge in [0.2, 0.25) is 23.6 Å². The number of hydrogen-bond acceptors (Lipinski definition) is 6. The van der Waals surface area contributed by atoms with Crippen LogP contribution in [0.4, 0.5) is 0 Å². The highest BCUT2D eigenvalue weighted by atomic mass is 16.5. The first-order valence-corrected chi connectivity index (χ1v) is 13.5. The molecule has 2 aromatic carbocycles. The second-order valence-electron chi connectivity index (χ2n) is 10.4. The van der Waals surface area contributed by atoms with Crippen LogP contribution >= 0.6 is 0 Å². The van der Waals surface area contributed by atoms with Crippen LogP contribution in [0.5, 0.6) is 0 Å². The standard InChI is InChI=1S/C30H34N2O6/c33-27-15-23(19-37-17-21-9-3-1-4-10-21)29(35)31(27)25-13-7-8-14-26(25)32-28(34)16-24(30(32)36)20-38-18-22-11-5-2-6-12-22/h1-6,9-12,23-26H,7-8,13-20H2. The van der Waals surface area contributed by atoms with E-state index in [2.05, 4.69) is 0 Å². The molecule has 4 unspecified atom stereocenters. The zero-order chi connectivity index (χ0) is 26.5. The number of hydrogen-bond donors (Lipinski definition) is 0. The molecule has 2 heterocycles. The molecule has 1 saturated carbocycles. The number of amides is 4. The van der Waals surface area contributed by atoms with Crippen molar-refractivity contribution in [2.45, 2.75) is 63.8 Å². The van der Waals surface area contributed by atoms with Crippen molar-refractivity contribution < 1.29 is 28.7 Å². The molecule has 200 valence electrons. The number of benzene rings is 2. The Morgan fingerprint density at radius 2 is 1.00 bits per heavy atom. The topological polar surface area (TPSA) is 93.2 Å². The quantitative estimate of drug-likeness (QED) is 0.447. The van der Waals surface area contributed by atoms with Crippen LogP contribution in [-0.4, -0.2) is 58.7 Å². The van der Waals surface area contributed by atoms with Gasteiger partial charge < -0.3 is 9.47 Å². The number of imide groups is 2. The molecule has 2 aliphatic heterocycles. The summed E-state index contributed by atoms with van der Waals surface area (Å²) in [6.07, 6.45) is 3.04. The van der Waals surface area contributed by atoms with E-state index in [1.165, 1.54) is 9.80 Å². The molecule has 8 nitrogen and oxygen atoms in total. The molecule has 0 spiro atoms. The summed E-state index contributed by atoms with van der Waals surface area (Å²) < 4.78 is 11.5. The smallest absolute Gasteiger partial charge is 0.235 e. The highest BCUT2D eigenvalue weighted by Gasteiger charge is 2.51. The van der Waals surface area contributed by atoms with Crippen molar-refractivity contribution in [3.05, 3.63) is 71.8 Å². The monoisotopic (exact) mass is 518 g/mol. The summed E-state index contributed by atoms with van der Waals surface area (Å²) in [4.78, 5) is 55.4. The van der Waals surface area contributed by atoms with E-state index < -0.39 is 23.9 Å². The van der Waals surface area contributed by atoms with Gasteiger partial charge in [0.25, 0.3) is 0 Å². The van der Waals surface area contributed by atoms with Gasteiger partial charge in [-0.25, -0.2) is 0 Å². The number of likely N-dealkylation sites (tertiary alicyclic amines) is 2. The number of carbonyl (C=O) groups is 4. The lowest BCUT2D eigenvalue weighted by atomic mass is 9.88. The van der Waals surface area contributed by atoms with Crippen LogP contribution in [0.25, 0.3) is 0 Å². The minimum atomic E-state index is -0.544. The Balaban J connectivity index is 1.21. The lowest BCUT2D eigenvalue weighted by molar-refractivity contribution is -0.153. The Morgan fingerprint density at radius 1 is 0.605 bits per heavy atom. The highest BCUT2D eigenvalue weighted by molar-refractivity contribution is 6.05. The van der Waals surface area contributed by atoms with Crippen LogP contribution in [0.2, 0.25) is 0 Å². The normalized spacial score (nSPS) is 26.0. The largest absolute Gasteiger partial charge is 0.376 e. The molecular weight excluding hydrogens is 484 g/mol. The van der Waals surface area contributed by atoms with Crippen LogP contribution in [0.3, 0.4) is 0 Å². The van der Waals surface area contributed by atoms with E-state index in [0.29, 0.717) is 26.1 Å². The van der Waals surface area contributed by atoms with Crippen molar-refractivity contribution in [2.24, 2.45) is 11.8 Å². The van der Waals surface area contributed by atoms with Gasteiger partial charge in [0, 0.05) is 12.8 Å². The van der Waals surface area contributed by atoms with Crippen LogP contribution in [-0.2, 0) is 41.9 Å². The maximum Gasteiger partial charge on any atom is 0.235 e. The summed E-state index contributed by atoms with van der Waals surface area (Å²) in [6, 6.07) is 18.4. The van der Waals surface area contributed by atoms with Gasteiger partial charge in [-0.1, -0.05) is 73.5 Å². The third kappa shape index (κ3) is 5.71. The predicted molar refractivity (Wildman–Crippen MR) is 138 cm³/mol. The highest BCUT2D eigenvalue weighted by Crippen LogP contribution is 2.36. The molecule has 4 amide bonds. The molecule has 0 bridgehead atoms. The van der Waals surface area contributed by atoms with E-state index in [4.69, 9.17) is 9.47 Å². The van der Waals surface area contributed by atoms with E-state index in [1.807, 2.05) is 60.7 Å². The molecule has 38 heavy (non-hydrogen) atoms. The molecule has 4 atom stereocenters. The predicted octanol–water partition coefficient (Wildman–Crippen LogP) is 3.48. The summed E-state index contributed by atoms with van der Waals surface area (Å²) >= 11 is 0. The average Bonchev–Trinajstić information content (AvgIpc) is 3.38. The van der Waals surface area contributed by atoms with Crippen molar-refractivity contribution in [3.63, 3.8) is 0 Å². The fourth-order valence-electron chi connectivity index (χ4n) is 5.87. The molecule has 2 aromatic rings. The molecule has 5 rings (SSSR count). The van der Waals surface area contributed by atoms with Gasteiger partial charge in [0.05, 0.1) is 50.3 Å². The zero-order valence-corrected chi connectivity index (χ0v) is 21.5. The number of rotatable bonds is 10. The Kier molecular flexibility index (Phi) is 8.29. The third-order valence-electron chi connectivity index (χ3n) is 7.77. The Bertz CT molecular complexity index is 1060. The van der Waals surface area contributed by atoms with E-state index >= 15 is 0 Å². The van der Waals surface area contributed by atoms with E-state index in [0.717, 1.165) is 24.0 Å². The van der Waals surface area contributed by atoms with Gasteiger partial charge in [-0.15, -0.1) is 0 Å². The van der Waals surface area contributed by atoms with E-state index in [-0.39, 0.29) is 49.7 Å². The average molecular weight is 519 g/mol. The van der Waals surface area contributed by atoms with Crippen molar-refractivity contribution in [1.29, 1.82) is 0 Å². The van der Waals surface area contributed by atoms with E-state index in [9.17, 15) is 19.2 Å². The second-order valence-corrected chi connectivity index (χ2v) is 10.4. The summed E-state index contributed by atoms with van der Waals surface area (Å²) in [5, 5.41) is 0. The lowest BCUT2D eigenvalue weighted by Gasteiger charge is -2.40. The summed E-state index contributed by atoms with van der Waals surface area (Å²) in [5.41, 5.74) is 2.00. The fraction of sp³-hybridized carbons (Fsp3) is 0.467. The van der Waals surface area contributed by atoms with Crippen molar-refractivity contribution in [1.82, 2.24) is 9.80 Å². The SMILES string of the molecule is O=C1CC(COCc2ccccc2)C(=O)N1C1CCCCC1N1C(=O)CC(COCc2ccccc2)C1=O. The molecular formula is C30H34N2O6. The maximum atomic E-state index is 13.3. The Morgan fingerprint density at radius 3 is 1.39 bits per heavy atom. The van der Waals surface area contributed by atoms with Gasteiger partial charge in [-0.05, 0) is 24.0 Å². The third-order valence-corrected chi connectivity index (χ3v) is 7.77. The molecule has 8 heteroatoms. The lowest BCUT2D eigenvalue weighted by Crippen LogP contribution is -2.57. The molecule has 0 radical (unpaired) electrons. The van der Waals surface area contributed by atoms with Crippen LogP contribution in [0.1, 0.15) is 49.7 Å². The Labute approximate surface area is 222 Å². The first-order valence-electron chi connectivity index (χ1n) is 13.5. The van der Waals surface area contributed by atoms with E-state index in [1.54, 1.807) is 0 Å². The number of ether oxygens (including phenoxy) is 2. The van der Waals surface area contributed by atoms with Crippen molar-refractivity contribution >= 4 is 23.6 Å². The van der Waals surface area contributed by atoms with Gasteiger partial charge in [-0.2, -0.15) is 0 Å². The molecule has 1 aliphatic carbocycles. The molecule has 0 aromatic heterocycles. The Hall–Kier alpha value is -3.36. The number of carbonyl (C=O) groups excluding carboxylic acids is 4. The molecule has 0 N–H and O–H groups in total.